The molecule has 8 heteroatoms. The molecule has 3 N–H and O–H groups in total. The Balaban J connectivity index is 1.60. The molecular formula is C24H32N4O4. The molecular weight excluding hydrogens is 408 g/mol. The van der Waals surface area contributed by atoms with E-state index in [1.54, 1.807) is 34.1 Å². The van der Waals surface area contributed by atoms with Gasteiger partial charge in [-0.15, -0.1) is 0 Å². The lowest BCUT2D eigenvalue weighted by atomic mass is 9.86. The summed E-state index contributed by atoms with van der Waals surface area (Å²) in [7, 11) is 0. The first-order valence-electron chi connectivity index (χ1n) is 11.6. The zero-order valence-corrected chi connectivity index (χ0v) is 18.8. The molecule has 1 aromatic rings. The summed E-state index contributed by atoms with van der Waals surface area (Å²) in [6.45, 7) is 5.34. The van der Waals surface area contributed by atoms with E-state index in [-0.39, 0.29) is 42.1 Å². The van der Waals surface area contributed by atoms with E-state index in [0.29, 0.717) is 30.5 Å². The molecule has 8 nitrogen and oxygen atoms in total. The van der Waals surface area contributed by atoms with Crippen LogP contribution in [0.3, 0.4) is 0 Å². The minimum absolute atomic E-state index is 0.0320. The highest BCUT2D eigenvalue weighted by molar-refractivity contribution is 6.01. The molecule has 3 aliphatic heterocycles. The summed E-state index contributed by atoms with van der Waals surface area (Å²) in [6.07, 6.45) is 2.86. The first-order valence-corrected chi connectivity index (χ1v) is 11.6. The first-order chi connectivity index (χ1) is 15.3. The summed E-state index contributed by atoms with van der Waals surface area (Å²) in [5.41, 5.74) is 6.53. The minimum Gasteiger partial charge on any atom is -0.366 e. The number of ketones is 1. The van der Waals surface area contributed by atoms with E-state index in [2.05, 4.69) is 5.32 Å². The average molecular weight is 441 g/mol. The number of likely N-dealkylation sites (tertiary alicyclic amines) is 2. The second-order valence-corrected chi connectivity index (χ2v) is 9.55. The number of hydrogen-bond acceptors (Lipinski definition) is 5. The van der Waals surface area contributed by atoms with Crippen molar-refractivity contribution >= 4 is 23.5 Å². The number of nitrogens with two attached hydrogens (primary N) is 1. The third kappa shape index (κ3) is 4.03. The van der Waals surface area contributed by atoms with E-state index in [1.807, 2.05) is 13.8 Å². The summed E-state index contributed by atoms with van der Waals surface area (Å²) < 4.78 is 0. The van der Waals surface area contributed by atoms with Crippen LogP contribution < -0.4 is 11.1 Å². The van der Waals surface area contributed by atoms with Gasteiger partial charge in [0.25, 0.3) is 0 Å². The van der Waals surface area contributed by atoms with Crippen molar-refractivity contribution in [3.63, 3.8) is 0 Å². The molecule has 0 aliphatic carbocycles. The van der Waals surface area contributed by atoms with E-state index in [1.165, 1.54) is 0 Å². The predicted molar refractivity (Wildman–Crippen MR) is 119 cm³/mol. The molecule has 4 unspecified atom stereocenters. The SMILES string of the molecule is CC(C)CC(C(=O)N1CCC2C1C(=O)CN2C(=O)C1CCCN1)c1ccccc1C(N)=O. The van der Waals surface area contributed by atoms with Gasteiger partial charge in [0.15, 0.2) is 5.78 Å². The largest absolute Gasteiger partial charge is 0.366 e. The van der Waals surface area contributed by atoms with Gasteiger partial charge in [-0.3, -0.25) is 19.2 Å². The van der Waals surface area contributed by atoms with Crippen LogP contribution in [-0.2, 0) is 14.4 Å². The second-order valence-electron chi connectivity index (χ2n) is 9.55. The van der Waals surface area contributed by atoms with Gasteiger partial charge in [-0.05, 0) is 49.8 Å². The smallest absolute Gasteiger partial charge is 0.249 e. The van der Waals surface area contributed by atoms with Crippen molar-refractivity contribution in [2.45, 2.75) is 63.6 Å². The van der Waals surface area contributed by atoms with Crippen LogP contribution in [0.2, 0.25) is 0 Å². The number of Topliss-reactive ketones (excluding diaryl/α,β-unsaturated/α-hetero) is 1. The Morgan fingerprint density at radius 1 is 1.16 bits per heavy atom. The van der Waals surface area contributed by atoms with E-state index >= 15 is 0 Å². The van der Waals surface area contributed by atoms with Crippen LogP contribution in [0.15, 0.2) is 24.3 Å². The number of rotatable bonds is 6. The first kappa shape index (κ1) is 22.5. The third-order valence-electron chi connectivity index (χ3n) is 6.95. The predicted octanol–water partition coefficient (Wildman–Crippen LogP) is 1.05. The molecule has 4 rings (SSSR count). The van der Waals surface area contributed by atoms with Crippen LogP contribution >= 0.6 is 0 Å². The zero-order chi connectivity index (χ0) is 23.0. The molecule has 3 heterocycles. The van der Waals surface area contributed by atoms with Gasteiger partial charge in [0.1, 0.15) is 6.04 Å². The quantitative estimate of drug-likeness (QED) is 0.687. The van der Waals surface area contributed by atoms with Crippen LogP contribution in [0.4, 0.5) is 0 Å². The van der Waals surface area contributed by atoms with E-state index in [0.717, 1.165) is 19.4 Å². The highest BCUT2D eigenvalue weighted by Crippen LogP contribution is 2.36. The summed E-state index contributed by atoms with van der Waals surface area (Å²) in [4.78, 5) is 55.1. The summed E-state index contributed by atoms with van der Waals surface area (Å²) >= 11 is 0. The average Bonchev–Trinajstić information content (AvgIpc) is 3.50. The van der Waals surface area contributed by atoms with Crippen LogP contribution in [0.25, 0.3) is 0 Å². The Morgan fingerprint density at radius 2 is 1.91 bits per heavy atom. The molecule has 1 aromatic carbocycles. The van der Waals surface area contributed by atoms with Crippen molar-refractivity contribution in [2.75, 3.05) is 19.6 Å². The Hall–Kier alpha value is -2.74. The summed E-state index contributed by atoms with van der Waals surface area (Å²) in [6, 6.07) is 5.83. The van der Waals surface area contributed by atoms with Gasteiger partial charge in [-0.25, -0.2) is 0 Å². The molecule has 32 heavy (non-hydrogen) atoms. The highest BCUT2D eigenvalue weighted by Gasteiger charge is 2.53. The molecule has 0 spiro atoms. The maximum Gasteiger partial charge on any atom is 0.249 e. The monoisotopic (exact) mass is 440 g/mol. The Kier molecular flexibility index (Phi) is 6.33. The van der Waals surface area contributed by atoms with Crippen molar-refractivity contribution in [2.24, 2.45) is 11.7 Å². The molecule has 172 valence electrons. The lowest BCUT2D eigenvalue weighted by molar-refractivity contribution is -0.138. The van der Waals surface area contributed by atoms with Gasteiger partial charge in [0.05, 0.1) is 24.5 Å². The lowest BCUT2D eigenvalue weighted by Crippen LogP contribution is -2.48. The fourth-order valence-electron chi connectivity index (χ4n) is 5.51. The Morgan fingerprint density at radius 3 is 2.56 bits per heavy atom. The Bertz CT molecular complexity index is 924. The van der Waals surface area contributed by atoms with Crippen molar-refractivity contribution in [1.82, 2.24) is 15.1 Å². The number of carbonyl (C=O) groups is 4. The van der Waals surface area contributed by atoms with Gasteiger partial charge in [0.2, 0.25) is 17.7 Å². The van der Waals surface area contributed by atoms with Gasteiger partial charge < -0.3 is 20.9 Å². The minimum atomic E-state index is -0.608. The van der Waals surface area contributed by atoms with Gasteiger partial charge >= 0.3 is 0 Å². The molecule has 3 aliphatic rings. The van der Waals surface area contributed by atoms with Gasteiger partial charge in [-0.1, -0.05) is 32.0 Å². The maximum atomic E-state index is 13.8. The zero-order valence-electron chi connectivity index (χ0n) is 18.8. The lowest BCUT2D eigenvalue weighted by Gasteiger charge is -2.30. The fraction of sp³-hybridized carbons (Fsp3) is 0.583. The molecule has 3 fully saturated rings. The molecule has 3 amide bonds. The van der Waals surface area contributed by atoms with Crippen LogP contribution in [0.1, 0.15) is 61.4 Å². The van der Waals surface area contributed by atoms with E-state index < -0.39 is 17.9 Å². The van der Waals surface area contributed by atoms with Gasteiger partial charge in [-0.2, -0.15) is 0 Å². The van der Waals surface area contributed by atoms with E-state index in [9.17, 15) is 19.2 Å². The van der Waals surface area contributed by atoms with Crippen molar-refractivity contribution in [3.8, 4) is 0 Å². The standard InChI is InChI=1S/C24H32N4O4/c1-14(2)12-17(15-6-3-4-7-16(15)22(25)30)23(31)27-11-9-19-21(27)20(29)13-28(19)24(32)18-8-5-10-26-18/h3-4,6-7,14,17-19,21,26H,5,8-13H2,1-2H3,(H2,25,30). The summed E-state index contributed by atoms with van der Waals surface area (Å²) in [5, 5.41) is 3.21. The number of primary amides is 1. The Labute approximate surface area is 188 Å². The number of fused-ring (bicyclic) bond motifs is 1. The van der Waals surface area contributed by atoms with Crippen molar-refractivity contribution in [1.29, 1.82) is 0 Å². The molecule has 3 saturated heterocycles. The number of nitrogens with zero attached hydrogens (tertiary/aromatic N) is 2. The normalized spacial score (nSPS) is 26.0. The second kappa shape index (κ2) is 9.02. The molecule has 0 saturated carbocycles. The fourth-order valence-corrected chi connectivity index (χ4v) is 5.51. The number of nitrogens with one attached hydrogen (secondary N) is 1. The molecule has 0 aromatic heterocycles. The number of carbonyl (C=O) groups excluding carboxylic acids is 4. The maximum absolute atomic E-state index is 13.8. The van der Waals surface area contributed by atoms with Crippen LogP contribution in [-0.4, -0.2) is 71.1 Å². The number of hydrogen-bond donors (Lipinski definition) is 2. The van der Waals surface area contributed by atoms with Crippen LogP contribution in [0.5, 0.6) is 0 Å². The molecule has 4 atom stereocenters. The third-order valence-corrected chi connectivity index (χ3v) is 6.95. The van der Waals surface area contributed by atoms with Crippen molar-refractivity contribution in [3.05, 3.63) is 35.4 Å². The van der Waals surface area contributed by atoms with Crippen molar-refractivity contribution < 1.29 is 19.2 Å². The molecule has 0 bridgehead atoms. The molecule has 0 radical (unpaired) electrons. The highest BCUT2D eigenvalue weighted by atomic mass is 16.2. The van der Waals surface area contributed by atoms with E-state index in [4.69, 9.17) is 5.73 Å². The van der Waals surface area contributed by atoms with Gasteiger partial charge in [0, 0.05) is 12.1 Å². The number of benzene rings is 1. The van der Waals surface area contributed by atoms with Crippen LogP contribution in [0, 0.1) is 5.92 Å². The number of amides is 3. The summed E-state index contributed by atoms with van der Waals surface area (Å²) in [5.74, 6) is -1.21. The topological polar surface area (TPSA) is 113 Å².